The molecule has 2 amide bonds. The number of likely N-dealkylation sites (tertiary alicyclic amines) is 1. The van der Waals surface area contributed by atoms with E-state index in [1.807, 2.05) is 11.8 Å². The Hall–Kier alpha value is -1.37. The number of rotatable bonds is 2. The van der Waals surface area contributed by atoms with Crippen molar-refractivity contribution in [3.05, 3.63) is 11.6 Å². The molecule has 0 aliphatic carbocycles. The normalized spacial score (nSPS) is 31.5. The van der Waals surface area contributed by atoms with E-state index in [0.717, 1.165) is 6.42 Å². The van der Waals surface area contributed by atoms with Gasteiger partial charge in [-0.25, -0.2) is 8.42 Å². The summed E-state index contributed by atoms with van der Waals surface area (Å²) in [4.78, 5) is 28.2. The van der Waals surface area contributed by atoms with Gasteiger partial charge in [0.05, 0.1) is 17.4 Å². The first-order chi connectivity index (χ1) is 10.4. The van der Waals surface area contributed by atoms with Crippen LogP contribution in [-0.4, -0.2) is 67.2 Å². The molecule has 2 fully saturated rings. The minimum absolute atomic E-state index is 0.0316. The first-order valence-corrected chi connectivity index (χ1v) is 9.62. The maximum atomic E-state index is 12.6. The van der Waals surface area contributed by atoms with Crippen molar-refractivity contribution in [1.29, 1.82) is 0 Å². The highest BCUT2D eigenvalue weighted by Crippen LogP contribution is 2.27. The fourth-order valence-corrected chi connectivity index (χ4v) is 5.36. The highest BCUT2D eigenvalue weighted by Gasteiger charge is 2.42. The first-order valence-electron chi connectivity index (χ1n) is 7.80. The van der Waals surface area contributed by atoms with E-state index in [4.69, 9.17) is 0 Å². The van der Waals surface area contributed by atoms with Crippen LogP contribution >= 0.6 is 0 Å². The Labute approximate surface area is 131 Å². The smallest absolute Gasteiger partial charge is 0.228 e. The van der Waals surface area contributed by atoms with Crippen molar-refractivity contribution < 1.29 is 18.0 Å². The van der Waals surface area contributed by atoms with E-state index in [2.05, 4.69) is 6.08 Å². The molecule has 7 heteroatoms. The van der Waals surface area contributed by atoms with Crippen LogP contribution in [0.3, 0.4) is 0 Å². The van der Waals surface area contributed by atoms with Crippen molar-refractivity contribution in [3.8, 4) is 0 Å². The Bertz CT molecular complexity index is 625. The summed E-state index contributed by atoms with van der Waals surface area (Å²) in [6.07, 6.45) is 3.72. The fourth-order valence-electron chi connectivity index (χ4n) is 3.63. The van der Waals surface area contributed by atoms with Gasteiger partial charge in [0, 0.05) is 32.1 Å². The standard InChI is InChI=1S/C15H22N2O4S/c1-11-3-2-5-16(8-11)15(19)12-7-14(18)17(9-12)13-4-6-22(20,21)10-13/h3,12-13H,2,4-10H2,1H3/t12-,13+/m0/s1. The number of amides is 2. The van der Waals surface area contributed by atoms with E-state index in [9.17, 15) is 18.0 Å². The lowest BCUT2D eigenvalue weighted by Crippen LogP contribution is -2.42. The zero-order valence-corrected chi connectivity index (χ0v) is 13.6. The van der Waals surface area contributed by atoms with Crippen LogP contribution in [0.25, 0.3) is 0 Å². The average Bonchev–Trinajstić information content (AvgIpc) is 3.00. The maximum Gasteiger partial charge on any atom is 0.228 e. The van der Waals surface area contributed by atoms with Crippen LogP contribution in [0.5, 0.6) is 0 Å². The molecule has 0 aromatic rings. The molecule has 2 atom stereocenters. The molecule has 0 aromatic carbocycles. The molecule has 3 aliphatic heterocycles. The van der Waals surface area contributed by atoms with Crippen molar-refractivity contribution in [3.63, 3.8) is 0 Å². The number of carbonyl (C=O) groups is 2. The second kappa shape index (κ2) is 5.68. The van der Waals surface area contributed by atoms with E-state index in [1.54, 1.807) is 4.90 Å². The van der Waals surface area contributed by atoms with E-state index < -0.39 is 9.84 Å². The van der Waals surface area contributed by atoms with Crippen LogP contribution in [-0.2, 0) is 19.4 Å². The average molecular weight is 326 g/mol. The van der Waals surface area contributed by atoms with E-state index in [0.29, 0.717) is 26.1 Å². The molecule has 22 heavy (non-hydrogen) atoms. The number of carbonyl (C=O) groups excluding carboxylic acids is 2. The molecule has 3 heterocycles. The van der Waals surface area contributed by atoms with Crippen molar-refractivity contribution in [1.82, 2.24) is 9.80 Å². The molecule has 0 radical (unpaired) electrons. The predicted molar refractivity (Wildman–Crippen MR) is 81.8 cm³/mol. The van der Waals surface area contributed by atoms with Gasteiger partial charge >= 0.3 is 0 Å². The van der Waals surface area contributed by atoms with Gasteiger partial charge in [0.2, 0.25) is 11.8 Å². The topological polar surface area (TPSA) is 74.8 Å². The van der Waals surface area contributed by atoms with Crippen molar-refractivity contribution in [2.45, 2.75) is 32.2 Å². The molecule has 6 nitrogen and oxygen atoms in total. The maximum absolute atomic E-state index is 12.6. The molecule has 2 saturated heterocycles. The van der Waals surface area contributed by atoms with Gasteiger partial charge in [0.25, 0.3) is 0 Å². The summed E-state index contributed by atoms with van der Waals surface area (Å²) in [7, 11) is -3.02. The zero-order valence-electron chi connectivity index (χ0n) is 12.8. The van der Waals surface area contributed by atoms with Gasteiger partial charge in [-0.1, -0.05) is 11.6 Å². The SMILES string of the molecule is CC1=CCCN(C(=O)[C@H]2CC(=O)N([C@@H]3CCS(=O)(=O)C3)C2)C1. The van der Waals surface area contributed by atoms with Gasteiger partial charge in [0.15, 0.2) is 9.84 Å². The first kappa shape index (κ1) is 15.5. The number of nitrogens with zero attached hydrogens (tertiary/aromatic N) is 2. The van der Waals surface area contributed by atoms with Gasteiger partial charge in [-0.15, -0.1) is 0 Å². The molecular weight excluding hydrogens is 304 g/mol. The Morgan fingerprint density at radius 3 is 2.77 bits per heavy atom. The van der Waals surface area contributed by atoms with Crippen LogP contribution in [0.2, 0.25) is 0 Å². The van der Waals surface area contributed by atoms with Gasteiger partial charge in [-0.3, -0.25) is 9.59 Å². The lowest BCUT2D eigenvalue weighted by atomic mass is 10.0. The van der Waals surface area contributed by atoms with Crippen LogP contribution in [0, 0.1) is 5.92 Å². The summed E-state index contributed by atoms with van der Waals surface area (Å²) in [5.41, 5.74) is 1.18. The van der Waals surface area contributed by atoms with Crippen LogP contribution < -0.4 is 0 Å². The monoisotopic (exact) mass is 326 g/mol. The Kier molecular flexibility index (Phi) is 4.01. The van der Waals surface area contributed by atoms with Gasteiger partial charge < -0.3 is 9.80 Å². The highest BCUT2D eigenvalue weighted by molar-refractivity contribution is 7.91. The molecule has 0 saturated carbocycles. The summed E-state index contributed by atoms with van der Waals surface area (Å²) in [5, 5.41) is 0. The highest BCUT2D eigenvalue weighted by atomic mass is 32.2. The third-order valence-electron chi connectivity index (χ3n) is 4.80. The van der Waals surface area contributed by atoms with Crippen molar-refractivity contribution >= 4 is 21.7 Å². The Morgan fingerprint density at radius 1 is 1.36 bits per heavy atom. The molecule has 0 N–H and O–H groups in total. The van der Waals surface area contributed by atoms with Gasteiger partial charge in [-0.2, -0.15) is 0 Å². The van der Waals surface area contributed by atoms with Gasteiger partial charge in [0.1, 0.15) is 0 Å². The number of hydrogen-bond donors (Lipinski definition) is 0. The van der Waals surface area contributed by atoms with E-state index in [-0.39, 0.29) is 41.7 Å². The van der Waals surface area contributed by atoms with Crippen molar-refractivity contribution in [2.24, 2.45) is 5.92 Å². The zero-order chi connectivity index (χ0) is 15.9. The molecule has 0 unspecified atom stereocenters. The quantitative estimate of drug-likeness (QED) is 0.680. The molecule has 0 bridgehead atoms. The predicted octanol–water partition coefficient (Wildman–Crippen LogP) is 0.201. The summed E-state index contributed by atoms with van der Waals surface area (Å²) < 4.78 is 23.2. The lowest BCUT2D eigenvalue weighted by molar-refractivity contribution is -0.135. The number of sulfone groups is 1. The minimum atomic E-state index is -3.02. The fraction of sp³-hybridized carbons (Fsp3) is 0.733. The second-order valence-electron chi connectivity index (χ2n) is 6.60. The number of hydrogen-bond acceptors (Lipinski definition) is 4. The minimum Gasteiger partial charge on any atom is -0.338 e. The van der Waals surface area contributed by atoms with Crippen LogP contribution in [0.4, 0.5) is 0 Å². The van der Waals surface area contributed by atoms with Crippen molar-refractivity contribution in [2.75, 3.05) is 31.1 Å². The molecule has 3 rings (SSSR count). The lowest BCUT2D eigenvalue weighted by Gasteiger charge is -2.29. The molecule has 122 valence electrons. The van der Waals surface area contributed by atoms with Gasteiger partial charge in [-0.05, 0) is 19.8 Å². The summed E-state index contributed by atoms with van der Waals surface area (Å²) in [6.45, 7) is 3.73. The van der Waals surface area contributed by atoms with E-state index in [1.165, 1.54) is 5.57 Å². The Balaban J connectivity index is 1.64. The summed E-state index contributed by atoms with van der Waals surface area (Å²) in [6, 6.07) is -0.238. The molecular formula is C15H22N2O4S. The van der Waals surface area contributed by atoms with E-state index >= 15 is 0 Å². The van der Waals surface area contributed by atoms with Crippen LogP contribution in [0.1, 0.15) is 26.2 Å². The Morgan fingerprint density at radius 2 is 2.14 bits per heavy atom. The summed E-state index contributed by atoms with van der Waals surface area (Å²) in [5.74, 6) is -0.169. The van der Waals surface area contributed by atoms with Crippen LogP contribution in [0.15, 0.2) is 11.6 Å². The molecule has 3 aliphatic rings. The third-order valence-corrected chi connectivity index (χ3v) is 6.55. The molecule has 0 aromatic heterocycles. The summed E-state index contributed by atoms with van der Waals surface area (Å²) >= 11 is 0. The largest absolute Gasteiger partial charge is 0.338 e. The molecule has 0 spiro atoms. The third kappa shape index (κ3) is 3.04. The second-order valence-corrected chi connectivity index (χ2v) is 8.83.